The molecule has 184 valence electrons. The van der Waals surface area contributed by atoms with Crippen LogP contribution in [0, 0.1) is 17.2 Å². The highest BCUT2D eigenvalue weighted by molar-refractivity contribution is 5.93. The van der Waals surface area contributed by atoms with E-state index < -0.39 is 5.60 Å². The van der Waals surface area contributed by atoms with Gasteiger partial charge < -0.3 is 20.3 Å². The van der Waals surface area contributed by atoms with E-state index >= 15 is 0 Å². The number of likely N-dealkylation sites (tertiary alicyclic amines) is 1. The number of hydrogen-bond acceptors (Lipinski definition) is 7. The van der Waals surface area contributed by atoms with Crippen LogP contribution >= 0.6 is 0 Å². The van der Waals surface area contributed by atoms with E-state index in [1.54, 1.807) is 17.2 Å². The van der Waals surface area contributed by atoms with Gasteiger partial charge in [-0.05, 0) is 59.1 Å². The van der Waals surface area contributed by atoms with Crippen LogP contribution < -0.4 is 10.6 Å². The van der Waals surface area contributed by atoms with E-state index in [-0.39, 0.29) is 18.2 Å². The number of carbonyl (C=O) groups is 1. The molecule has 0 bridgehead atoms. The largest absolute Gasteiger partial charge is 0.444 e. The van der Waals surface area contributed by atoms with Crippen LogP contribution in [-0.4, -0.2) is 51.7 Å². The highest BCUT2D eigenvalue weighted by Gasteiger charge is 2.28. The first-order valence-corrected chi connectivity index (χ1v) is 12.3. The van der Waals surface area contributed by atoms with Gasteiger partial charge in [0.05, 0.1) is 0 Å². The first-order valence-electron chi connectivity index (χ1n) is 12.3. The Morgan fingerprint density at radius 2 is 2.14 bits per heavy atom. The Bertz CT molecular complexity index is 1180. The number of nitriles is 1. The van der Waals surface area contributed by atoms with Gasteiger partial charge in [-0.3, -0.25) is 0 Å². The van der Waals surface area contributed by atoms with E-state index in [2.05, 4.69) is 57.9 Å². The summed E-state index contributed by atoms with van der Waals surface area (Å²) in [5, 5.41) is 18.3. The number of rotatable bonds is 5. The summed E-state index contributed by atoms with van der Waals surface area (Å²) < 4.78 is 5.55. The lowest BCUT2D eigenvalue weighted by Gasteiger charge is -2.34. The number of fused-ring (bicyclic) bond motifs is 1. The molecule has 0 spiro atoms. The van der Waals surface area contributed by atoms with Crippen LogP contribution in [0.5, 0.6) is 0 Å². The van der Waals surface area contributed by atoms with Gasteiger partial charge in [0.2, 0.25) is 0 Å². The molecule has 4 rings (SSSR count). The lowest BCUT2D eigenvalue weighted by atomic mass is 9.94. The molecule has 1 aliphatic heterocycles. The third-order valence-corrected chi connectivity index (χ3v) is 6.27. The molecule has 3 heterocycles. The van der Waals surface area contributed by atoms with Crippen molar-refractivity contribution in [2.75, 3.05) is 23.7 Å². The molecule has 0 radical (unpaired) electrons. The van der Waals surface area contributed by atoms with Crippen molar-refractivity contribution in [3.63, 3.8) is 0 Å². The van der Waals surface area contributed by atoms with Crippen molar-refractivity contribution >= 4 is 28.5 Å². The molecule has 1 aliphatic carbocycles. The summed E-state index contributed by atoms with van der Waals surface area (Å²) in [6.45, 7) is 9.02. The van der Waals surface area contributed by atoms with Crippen LogP contribution in [0.25, 0.3) is 10.8 Å². The Balaban J connectivity index is 1.52. The summed E-state index contributed by atoms with van der Waals surface area (Å²) in [5.41, 5.74) is -0.161. The van der Waals surface area contributed by atoms with Gasteiger partial charge in [-0.15, -0.1) is 0 Å². The topological polar surface area (TPSA) is 103 Å². The molecule has 2 aliphatic rings. The van der Waals surface area contributed by atoms with Gasteiger partial charge in [-0.2, -0.15) is 5.26 Å². The van der Waals surface area contributed by atoms with Crippen molar-refractivity contribution in [1.82, 2.24) is 14.9 Å². The summed E-state index contributed by atoms with van der Waals surface area (Å²) in [6, 6.07) is 6.10. The molecule has 2 aromatic rings. The number of hydrogen-bond donors (Lipinski definition) is 2. The Hall–Kier alpha value is -3.60. The highest BCUT2D eigenvalue weighted by atomic mass is 16.6. The summed E-state index contributed by atoms with van der Waals surface area (Å²) in [5.74, 6) is 1.75. The van der Waals surface area contributed by atoms with Gasteiger partial charge in [0.1, 0.15) is 29.0 Å². The lowest BCUT2D eigenvalue weighted by molar-refractivity contribution is 0.0206. The monoisotopic (exact) mass is 474 g/mol. The molecule has 1 unspecified atom stereocenters. The smallest absolute Gasteiger partial charge is 0.410 e. The molecule has 2 N–H and O–H groups in total. The number of piperidine rings is 1. The van der Waals surface area contributed by atoms with Gasteiger partial charge in [0, 0.05) is 48.1 Å². The fourth-order valence-corrected chi connectivity index (χ4v) is 4.48. The fourth-order valence-electron chi connectivity index (χ4n) is 4.48. The van der Waals surface area contributed by atoms with Crippen LogP contribution in [0.15, 0.2) is 42.6 Å². The zero-order valence-corrected chi connectivity index (χ0v) is 20.9. The van der Waals surface area contributed by atoms with Crippen molar-refractivity contribution in [2.24, 2.45) is 5.92 Å². The number of allylic oxidation sites excluding steroid dienone is 3. The molecule has 2 aromatic heterocycles. The summed E-state index contributed by atoms with van der Waals surface area (Å²) in [7, 11) is 0. The number of anilines is 2. The molecule has 35 heavy (non-hydrogen) atoms. The van der Waals surface area contributed by atoms with E-state index in [9.17, 15) is 10.1 Å². The Kier molecular flexibility index (Phi) is 7.25. The van der Waals surface area contributed by atoms with Crippen LogP contribution in [0.4, 0.5) is 16.4 Å². The van der Waals surface area contributed by atoms with Crippen molar-refractivity contribution in [3.8, 4) is 6.07 Å². The Labute approximate surface area is 207 Å². The molecule has 0 saturated carbocycles. The second-order valence-electron chi connectivity index (χ2n) is 10.3. The zero-order chi connectivity index (χ0) is 25.0. The number of ether oxygens (including phenoxy) is 1. The lowest BCUT2D eigenvalue weighted by Crippen LogP contribution is -2.47. The van der Waals surface area contributed by atoms with Crippen LogP contribution in [0.2, 0.25) is 0 Å². The summed E-state index contributed by atoms with van der Waals surface area (Å²) in [4.78, 5) is 23.4. The third-order valence-electron chi connectivity index (χ3n) is 6.27. The van der Waals surface area contributed by atoms with E-state index in [0.717, 1.165) is 35.9 Å². The van der Waals surface area contributed by atoms with Crippen molar-refractivity contribution < 1.29 is 9.53 Å². The fraction of sp³-hybridized carbons (Fsp3) is 0.481. The number of amides is 1. The second-order valence-corrected chi connectivity index (χ2v) is 10.3. The maximum Gasteiger partial charge on any atom is 0.410 e. The summed E-state index contributed by atoms with van der Waals surface area (Å²) in [6.07, 6.45) is 12.8. The van der Waals surface area contributed by atoms with Gasteiger partial charge in [0.25, 0.3) is 0 Å². The van der Waals surface area contributed by atoms with Crippen LogP contribution in [0.3, 0.4) is 0 Å². The van der Waals surface area contributed by atoms with E-state index in [1.807, 2.05) is 26.8 Å². The summed E-state index contributed by atoms with van der Waals surface area (Å²) >= 11 is 0. The first kappa shape index (κ1) is 24.5. The number of aromatic nitrogens is 2. The third kappa shape index (κ3) is 6.30. The number of pyridine rings is 2. The predicted molar refractivity (Wildman–Crippen MR) is 138 cm³/mol. The van der Waals surface area contributed by atoms with E-state index in [4.69, 9.17) is 4.74 Å². The van der Waals surface area contributed by atoms with Gasteiger partial charge in [-0.1, -0.05) is 24.3 Å². The SMILES string of the molecule is C[C@@H](Nc1nc(C#N)cc2cnc(N[C@H]3CCCN(C(=O)OC(C)(C)C)C3)cc12)C1C=CC=CC1. The molecule has 8 heteroatoms. The van der Waals surface area contributed by atoms with Crippen molar-refractivity contribution in [1.29, 1.82) is 5.26 Å². The minimum atomic E-state index is -0.517. The first-order chi connectivity index (χ1) is 16.7. The van der Waals surface area contributed by atoms with Gasteiger partial charge in [-0.25, -0.2) is 14.8 Å². The normalized spacial score (nSPS) is 20.8. The van der Waals surface area contributed by atoms with Crippen LogP contribution in [-0.2, 0) is 4.74 Å². The minimum absolute atomic E-state index is 0.0713. The molecule has 3 atom stereocenters. The molecular formula is C27H34N6O2. The minimum Gasteiger partial charge on any atom is -0.444 e. The molecule has 1 saturated heterocycles. The standard InChI is InChI=1S/C27H34N6O2/c1-18(19-9-6-5-7-10-19)30-25-23-14-24(29-16-20(23)13-22(15-28)32-25)31-21-11-8-12-33(17-21)26(34)35-27(2,3)4/h5-7,9,13-14,16,18-19,21H,8,10-12,17H2,1-4H3,(H,29,31)(H,30,32)/t18-,19?,21+/m1/s1. The quantitative estimate of drug-likeness (QED) is 0.610. The molecular weight excluding hydrogens is 440 g/mol. The Morgan fingerprint density at radius 3 is 2.86 bits per heavy atom. The van der Waals surface area contributed by atoms with Gasteiger partial charge in [0.15, 0.2) is 0 Å². The average molecular weight is 475 g/mol. The Morgan fingerprint density at radius 1 is 1.31 bits per heavy atom. The van der Waals surface area contributed by atoms with Gasteiger partial charge >= 0.3 is 6.09 Å². The maximum atomic E-state index is 12.5. The second kappa shape index (κ2) is 10.3. The van der Waals surface area contributed by atoms with E-state index in [1.165, 1.54) is 0 Å². The molecule has 1 fully saturated rings. The molecule has 8 nitrogen and oxygen atoms in total. The predicted octanol–water partition coefficient (Wildman–Crippen LogP) is 5.25. The zero-order valence-electron chi connectivity index (χ0n) is 20.9. The molecule has 1 amide bonds. The van der Waals surface area contributed by atoms with E-state index in [0.29, 0.717) is 30.5 Å². The highest BCUT2D eigenvalue weighted by Crippen LogP contribution is 2.28. The van der Waals surface area contributed by atoms with Crippen LogP contribution in [0.1, 0.15) is 52.7 Å². The van der Waals surface area contributed by atoms with Crippen molar-refractivity contribution in [3.05, 3.63) is 48.3 Å². The number of nitrogens with zero attached hydrogens (tertiary/aromatic N) is 4. The van der Waals surface area contributed by atoms with Crippen molar-refractivity contribution in [2.45, 2.75) is 64.6 Å². The number of nitrogens with one attached hydrogen (secondary N) is 2. The maximum absolute atomic E-state index is 12.5. The number of carbonyl (C=O) groups excluding carboxylic acids is 1. The average Bonchev–Trinajstić information content (AvgIpc) is 2.83. The molecule has 0 aromatic carbocycles.